The number of hydrogen-bond donors (Lipinski definition) is 1. The molecule has 112 valence electrons. The summed E-state index contributed by atoms with van der Waals surface area (Å²) in [6.07, 6.45) is 0.280. The van der Waals surface area contributed by atoms with E-state index in [1.54, 1.807) is 31.2 Å². The first-order valence-electron chi connectivity index (χ1n) is 7.11. The molecule has 0 spiro atoms. The van der Waals surface area contributed by atoms with Crippen LogP contribution in [0.15, 0.2) is 48.5 Å². The smallest absolute Gasteiger partial charge is 0.126 e. The Kier molecular flexibility index (Phi) is 4.63. The third kappa shape index (κ3) is 4.05. The predicted molar refractivity (Wildman–Crippen MR) is 81.9 cm³/mol. The minimum atomic E-state index is -1.15. The molecule has 2 rings (SSSR count). The Labute approximate surface area is 125 Å². The van der Waals surface area contributed by atoms with Gasteiger partial charge in [0.15, 0.2) is 0 Å². The minimum absolute atomic E-state index is 0.0665. The van der Waals surface area contributed by atoms with Crippen molar-refractivity contribution in [1.82, 2.24) is 0 Å². The number of rotatable bonds is 5. The summed E-state index contributed by atoms with van der Waals surface area (Å²) in [5.41, 5.74) is 0.0556. The third-order valence-corrected chi connectivity index (χ3v) is 3.32. The van der Waals surface area contributed by atoms with Gasteiger partial charge in [-0.05, 0) is 50.1 Å². The molecule has 21 heavy (non-hydrogen) atoms. The summed E-state index contributed by atoms with van der Waals surface area (Å²) in [7, 11) is 0. The van der Waals surface area contributed by atoms with E-state index in [-0.39, 0.29) is 18.3 Å². The van der Waals surface area contributed by atoms with Crippen LogP contribution in [-0.4, -0.2) is 11.2 Å². The fourth-order valence-electron chi connectivity index (χ4n) is 2.29. The van der Waals surface area contributed by atoms with Crippen LogP contribution in [0.1, 0.15) is 31.9 Å². The molecule has 2 aromatic rings. The molecule has 0 radical (unpaired) electrons. The Morgan fingerprint density at radius 3 is 2.52 bits per heavy atom. The maximum Gasteiger partial charge on any atom is 0.126 e. The molecule has 3 heteroatoms. The maximum absolute atomic E-state index is 13.8. The van der Waals surface area contributed by atoms with Crippen molar-refractivity contribution in [2.75, 3.05) is 0 Å². The Bertz CT molecular complexity index is 606. The summed E-state index contributed by atoms with van der Waals surface area (Å²) in [5.74, 6) is 0.406. The minimum Gasteiger partial charge on any atom is -0.491 e. The van der Waals surface area contributed by atoms with Crippen LogP contribution < -0.4 is 4.74 Å². The van der Waals surface area contributed by atoms with Gasteiger partial charge in [-0.2, -0.15) is 0 Å². The van der Waals surface area contributed by atoms with Gasteiger partial charge in [0.2, 0.25) is 0 Å². The van der Waals surface area contributed by atoms with E-state index < -0.39 is 5.60 Å². The zero-order valence-corrected chi connectivity index (χ0v) is 12.6. The first-order valence-corrected chi connectivity index (χ1v) is 7.11. The molecule has 0 amide bonds. The van der Waals surface area contributed by atoms with Gasteiger partial charge in [-0.3, -0.25) is 0 Å². The molecule has 0 bridgehead atoms. The first kappa shape index (κ1) is 15.5. The van der Waals surface area contributed by atoms with Gasteiger partial charge in [-0.1, -0.05) is 30.3 Å². The number of ether oxygens (including phenoxy) is 1. The molecule has 0 aliphatic rings. The van der Waals surface area contributed by atoms with Gasteiger partial charge in [-0.15, -0.1) is 0 Å². The van der Waals surface area contributed by atoms with Crippen LogP contribution in [0, 0.1) is 5.82 Å². The quantitative estimate of drug-likeness (QED) is 0.899. The van der Waals surface area contributed by atoms with Crippen molar-refractivity contribution in [3.8, 4) is 5.75 Å². The second kappa shape index (κ2) is 6.27. The summed E-state index contributed by atoms with van der Waals surface area (Å²) in [6, 6.07) is 13.8. The van der Waals surface area contributed by atoms with Gasteiger partial charge in [0.25, 0.3) is 0 Å². The summed E-state index contributed by atoms with van der Waals surface area (Å²) < 4.78 is 19.4. The Balaban J connectivity index is 2.25. The van der Waals surface area contributed by atoms with Crippen LogP contribution in [0.2, 0.25) is 0 Å². The van der Waals surface area contributed by atoms with Crippen LogP contribution in [0.4, 0.5) is 4.39 Å². The van der Waals surface area contributed by atoms with E-state index in [4.69, 9.17) is 4.74 Å². The van der Waals surface area contributed by atoms with E-state index in [1.165, 1.54) is 6.07 Å². The van der Waals surface area contributed by atoms with Gasteiger partial charge >= 0.3 is 0 Å². The SMILES string of the molecule is CC(C)Oc1cccc(C(C)(O)Cc2ccccc2F)c1. The number of halogens is 1. The summed E-state index contributed by atoms with van der Waals surface area (Å²) in [6.45, 7) is 5.59. The number of benzene rings is 2. The van der Waals surface area contributed by atoms with Crippen molar-refractivity contribution in [2.45, 2.75) is 38.9 Å². The molecule has 2 nitrogen and oxygen atoms in total. The van der Waals surface area contributed by atoms with Crippen molar-refractivity contribution in [2.24, 2.45) is 0 Å². The topological polar surface area (TPSA) is 29.5 Å². The lowest BCUT2D eigenvalue weighted by atomic mass is 9.89. The molecule has 1 unspecified atom stereocenters. The molecule has 1 atom stereocenters. The summed E-state index contributed by atoms with van der Waals surface area (Å²) >= 11 is 0. The fraction of sp³-hybridized carbons (Fsp3) is 0.333. The summed E-state index contributed by atoms with van der Waals surface area (Å²) in [4.78, 5) is 0. The molecule has 0 saturated heterocycles. The fourth-order valence-corrected chi connectivity index (χ4v) is 2.29. The van der Waals surface area contributed by atoms with Gasteiger partial charge in [-0.25, -0.2) is 4.39 Å². The van der Waals surface area contributed by atoms with Gasteiger partial charge in [0, 0.05) is 6.42 Å². The van der Waals surface area contributed by atoms with E-state index in [1.807, 2.05) is 32.0 Å². The van der Waals surface area contributed by atoms with Gasteiger partial charge < -0.3 is 9.84 Å². The lowest BCUT2D eigenvalue weighted by Crippen LogP contribution is -2.25. The second-order valence-corrected chi connectivity index (χ2v) is 5.74. The van der Waals surface area contributed by atoms with E-state index >= 15 is 0 Å². The van der Waals surface area contributed by atoms with Gasteiger partial charge in [0.1, 0.15) is 11.6 Å². The molecule has 0 fully saturated rings. The van der Waals surface area contributed by atoms with Crippen molar-refractivity contribution in [3.63, 3.8) is 0 Å². The normalized spacial score (nSPS) is 14.0. The molecular weight excluding hydrogens is 267 g/mol. The lowest BCUT2D eigenvalue weighted by Gasteiger charge is -2.25. The standard InChI is InChI=1S/C18H21FO2/c1-13(2)21-16-9-6-8-15(11-16)18(3,20)12-14-7-4-5-10-17(14)19/h4-11,13,20H,12H2,1-3H3. The lowest BCUT2D eigenvalue weighted by molar-refractivity contribution is 0.0563. The zero-order chi connectivity index (χ0) is 15.5. The highest BCUT2D eigenvalue weighted by atomic mass is 19.1. The zero-order valence-electron chi connectivity index (χ0n) is 12.6. The first-order chi connectivity index (χ1) is 9.88. The van der Waals surface area contributed by atoms with E-state index in [9.17, 15) is 9.50 Å². The average molecular weight is 288 g/mol. The summed E-state index contributed by atoms with van der Waals surface area (Å²) in [5, 5.41) is 10.7. The van der Waals surface area contributed by atoms with E-state index in [2.05, 4.69) is 0 Å². The van der Waals surface area contributed by atoms with Crippen LogP contribution in [-0.2, 0) is 12.0 Å². The van der Waals surface area contributed by atoms with Gasteiger partial charge in [0.05, 0.1) is 11.7 Å². The Morgan fingerprint density at radius 1 is 1.14 bits per heavy atom. The van der Waals surface area contributed by atoms with Crippen LogP contribution >= 0.6 is 0 Å². The Hall–Kier alpha value is -1.87. The highest BCUT2D eigenvalue weighted by Gasteiger charge is 2.25. The molecule has 0 aromatic heterocycles. The molecule has 0 heterocycles. The third-order valence-electron chi connectivity index (χ3n) is 3.32. The average Bonchev–Trinajstić information content (AvgIpc) is 2.41. The van der Waals surface area contributed by atoms with Crippen molar-refractivity contribution >= 4 is 0 Å². The highest BCUT2D eigenvalue weighted by molar-refractivity contribution is 5.34. The maximum atomic E-state index is 13.8. The van der Waals surface area contributed by atoms with Crippen LogP contribution in [0.25, 0.3) is 0 Å². The van der Waals surface area contributed by atoms with E-state index in [0.717, 1.165) is 0 Å². The number of aliphatic hydroxyl groups is 1. The highest BCUT2D eigenvalue weighted by Crippen LogP contribution is 2.29. The molecule has 1 N–H and O–H groups in total. The molecule has 0 aliphatic carbocycles. The van der Waals surface area contributed by atoms with Crippen LogP contribution in [0.3, 0.4) is 0 Å². The Morgan fingerprint density at radius 2 is 1.86 bits per heavy atom. The van der Waals surface area contributed by atoms with Crippen molar-refractivity contribution in [1.29, 1.82) is 0 Å². The molecule has 0 saturated carbocycles. The molecule has 2 aromatic carbocycles. The largest absolute Gasteiger partial charge is 0.491 e. The molecule has 0 aliphatic heterocycles. The number of hydrogen-bond acceptors (Lipinski definition) is 2. The van der Waals surface area contributed by atoms with Crippen LogP contribution in [0.5, 0.6) is 5.75 Å². The van der Waals surface area contributed by atoms with Crippen molar-refractivity contribution in [3.05, 3.63) is 65.5 Å². The van der Waals surface area contributed by atoms with Crippen molar-refractivity contribution < 1.29 is 14.2 Å². The molecular formula is C18H21FO2. The predicted octanol–water partition coefficient (Wildman–Crippen LogP) is 4.06. The monoisotopic (exact) mass is 288 g/mol. The second-order valence-electron chi connectivity index (χ2n) is 5.74. The van der Waals surface area contributed by atoms with E-state index in [0.29, 0.717) is 16.9 Å².